The van der Waals surface area contributed by atoms with Crippen LogP contribution in [-0.2, 0) is 10.3 Å². The molecule has 1 aliphatic heterocycles. The molecule has 0 saturated heterocycles. The molecule has 1 heterocycles. The maximum absolute atomic E-state index is 12.6. The molecule has 3 aliphatic rings. The molecule has 0 fully saturated rings. The lowest BCUT2D eigenvalue weighted by molar-refractivity contribution is -0.0819. The van der Waals surface area contributed by atoms with Crippen LogP contribution in [0.1, 0.15) is 49.9 Å². The molecular weight excluding hydrogens is 348 g/mol. The molecule has 0 radical (unpaired) electrons. The molecule has 6 heteroatoms. The second kappa shape index (κ2) is 5.28. The third-order valence-electron chi connectivity index (χ3n) is 5.61. The molecule has 0 amide bonds. The Labute approximate surface area is 154 Å². The minimum atomic E-state index is -1.13. The molecule has 2 aromatic rings. The molecule has 0 unspecified atom stereocenters. The Hall–Kier alpha value is -2.96. The molecule has 27 heavy (non-hydrogen) atoms. The van der Waals surface area contributed by atoms with Crippen LogP contribution < -0.4 is 4.74 Å². The molecule has 0 aromatic heterocycles. The van der Waals surface area contributed by atoms with Gasteiger partial charge in [-0.05, 0) is 29.8 Å². The number of phenols is 1. The molecule has 2 aliphatic carbocycles. The van der Waals surface area contributed by atoms with Gasteiger partial charge in [-0.3, -0.25) is 9.59 Å². The number of carbonyl (C=O) groups is 2. The zero-order valence-corrected chi connectivity index (χ0v) is 14.4. The van der Waals surface area contributed by atoms with Crippen molar-refractivity contribution in [2.45, 2.75) is 24.2 Å². The van der Waals surface area contributed by atoms with Gasteiger partial charge in [0.1, 0.15) is 23.2 Å². The van der Waals surface area contributed by atoms with Gasteiger partial charge in [0, 0.05) is 17.5 Å². The summed E-state index contributed by atoms with van der Waals surface area (Å²) >= 11 is 0. The van der Waals surface area contributed by atoms with Gasteiger partial charge < -0.3 is 19.7 Å². The number of carbonyl (C=O) groups excluding carboxylic acids is 2. The third kappa shape index (κ3) is 1.91. The number of aromatic hydroxyl groups is 1. The van der Waals surface area contributed by atoms with E-state index in [1.807, 2.05) is 0 Å². The van der Waals surface area contributed by atoms with Crippen LogP contribution in [0.5, 0.6) is 11.5 Å². The molecule has 2 aromatic carbocycles. The summed E-state index contributed by atoms with van der Waals surface area (Å²) in [5, 5.41) is 20.7. The monoisotopic (exact) mass is 364 g/mol. The number of allylic oxidation sites excluding steroid dienone is 1. The van der Waals surface area contributed by atoms with E-state index in [2.05, 4.69) is 0 Å². The zero-order chi connectivity index (χ0) is 18.9. The Morgan fingerprint density at radius 2 is 1.96 bits per heavy atom. The second-order valence-corrected chi connectivity index (χ2v) is 6.97. The zero-order valence-electron chi connectivity index (χ0n) is 14.4. The van der Waals surface area contributed by atoms with Crippen molar-refractivity contribution < 1.29 is 29.3 Å². The first kappa shape index (κ1) is 16.2. The van der Waals surface area contributed by atoms with Crippen molar-refractivity contribution in [2.24, 2.45) is 0 Å². The van der Waals surface area contributed by atoms with E-state index in [0.717, 1.165) is 0 Å². The number of ether oxygens (including phenoxy) is 2. The number of methoxy groups -OCH3 is 1. The van der Waals surface area contributed by atoms with Crippen molar-refractivity contribution in [1.82, 2.24) is 0 Å². The van der Waals surface area contributed by atoms with E-state index in [1.54, 1.807) is 30.3 Å². The molecular formula is C21H16O6. The Morgan fingerprint density at radius 1 is 1.15 bits per heavy atom. The Morgan fingerprint density at radius 3 is 2.74 bits per heavy atom. The fourth-order valence-electron chi connectivity index (χ4n) is 4.48. The highest BCUT2D eigenvalue weighted by Gasteiger charge is 2.53. The van der Waals surface area contributed by atoms with Gasteiger partial charge in [0.05, 0.1) is 24.3 Å². The number of ketones is 2. The number of phenolic OH excluding ortho intramolecular Hbond substituents is 1. The first-order valence-corrected chi connectivity index (χ1v) is 8.64. The number of hydrogen-bond donors (Lipinski definition) is 2. The van der Waals surface area contributed by atoms with Gasteiger partial charge in [0.15, 0.2) is 11.6 Å². The number of aliphatic hydroxyl groups excluding tert-OH is 1. The van der Waals surface area contributed by atoms with E-state index in [-0.39, 0.29) is 29.3 Å². The summed E-state index contributed by atoms with van der Waals surface area (Å²) < 4.78 is 11.7. The Balaban J connectivity index is 1.85. The van der Waals surface area contributed by atoms with Crippen LogP contribution in [0.15, 0.2) is 42.5 Å². The highest BCUT2D eigenvalue weighted by molar-refractivity contribution is 6.10. The quantitative estimate of drug-likeness (QED) is 0.807. The maximum Gasteiger partial charge on any atom is 0.189 e. The maximum atomic E-state index is 12.6. The number of rotatable bonds is 1. The van der Waals surface area contributed by atoms with Gasteiger partial charge in [-0.15, -0.1) is 0 Å². The van der Waals surface area contributed by atoms with Crippen molar-refractivity contribution in [1.29, 1.82) is 0 Å². The molecule has 136 valence electrons. The molecule has 5 rings (SSSR count). The predicted octanol–water partition coefficient (Wildman–Crippen LogP) is 2.42. The third-order valence-corrected chi connectivity index (χ3v) is 5.61. The summed E-state index contributed by atoms with van der Waals surface area (Å²) in [4.78, 5) is 25.0. The molecule has 3 atom stereocenters. The van der Waals surface area contributed by atoms with Gasteiger partial charge in [-0.1, -0.05) is 18.2 Å². The van der Waals surface area contributed by atoms with Crippen LogP contribution >= 0.6 is 0 Å². The largest absolute Gasteiger partial charge is 0.507 e. The number of Topliss-reactive ketones (excluding diaryl/α,β-unsaturated/α-hetero) is 1. The number of benzene rings is 2. The van der Waals surface area contributed by atoms with E-state index in [4.69, 9.17) is 9.47 Å². The van der Waals surface area contributed by atoms with E-state index in [9.17, 15) is 19.8 Å². The summed E-state index contributed by atoms with van der Waals surface area (Å²) in [7, 11) is 1.49. The van der Waals surface area contributed by atoms with E-state index < -0.39 is 17.8 Å². The van der Waals surface area contributed by atoms with Crippen LogP contribution in [0, 0.1) is 0 Å². The first-order valence-electron chi connectivity index (χ1n) is 8.64. The van der Waals surface area contributed by atoms with Crippen LogP contribution in [0.3, 0.4) is 0 Å². The van der Waals surface area contributed by atoms with Gasteiger partial charge in [-0.25, -0.2) is 0 Å². The number of fused-ring (bicyclic) bond motifs is 3. The first-order chi connectivity index (χ1) is 13.0. The van der Waals surface area contributed by atoms with Gasteiger partial charge in [-0.2, -0.15) is 0 Å². The minimum absolute atomic E-state index is 0.127. The fourth-order valence-corrected chi connectivity index (χ4v) is 4.48. The van der Waals surface area contributed by atoms with Gasteiger partial charge in [0.2, 0.25) is 0 Å². The Bertz CT molecular complexity index is 1050. The van der Waals surface area contributed by atoms with Gasteiger partial charge >= 0.3 is 0 Å². The summed E-state index contributed by atoms with van der Waals surface area (Å²) in [6.07, 6.45) is 1.16. The topological polar surface area (TPSA) is 93.1 Å². The van der Waals surface area contributed by atoms with Crippen molar-refractivity contribution in [3.05, 3.63) is 70.3 Å². The fraction of sp³-hybridized carbons (Fsp3) is 0.238. The van der Waals surface area contributed by atoms with Crippen LogP contribution in [0.2, 0.25) is 0 Å². The lowest BCUT2D eigenvalue weighted by atomic mass is 9.75. The van der Waals surface area contributed by atoms with Crippen LogP contribution in [-0.4, -0.2) is 35.0 Å². The smallest absolute Gasteiger partial charge is 0.189 e. The highest BCUT2D eigenvalue weighted by Crippen LogP contribution is 2.56. The van der Waals surface area contributed by atoms with Crippen molar-refractivity contribution in [3.8, 4) is 11.5 Å². The van der Waals surface area contributed by atoms with Crippen LogP contribution in [0.4, 0.5) is 0 Å². The molecule has 0 bridgehead atoms. The number of hydrogen-bond acceptors (Lipinski definition) is 6. The van der Waals surface area contributed by atoms with E-state index in [1.165, 1.54) is 19.3 Å². The van der Waals surface area contributed by atoms with Crippen LogP contribution in [0.25, 0.3) is 0 Å². The average molecular weight is 364 g/mol. The van der Waals surface area contributed by atoms with E-state index in [0.29, 0.717) is 28.0 Å². The molecule has 0 saturated carbocycles. The lowest BCUT2D eigenvalue weighted by Crippen LogP contribution is -2.33. The summed E-state index contributed by atoms with van der Waals surface area (Å²) in [6, 6.07) is 8.40. The standard InChI is InChI=1S/C21H16O6/c1-26-16-4-2-3-10-17(16)13(23)7-8-21(10)11-5-6-12(22)19-14(24)9-15(25)20(27-21)18(11)19/h2-8,15,20,22,25H,9H2,1H3/t15-,20-,21-/m0/s1. The molecule has 1 spiro atoms. The summed E-state index contributed by atoms with van der Waals surface area (Å²) in [5.74, 6) is -0.221. The van der Waals surface area contributed by atoms with E-state index >= 15 is 0 Å². The summed E-state index contributed by atoms with van der Waals surface area (Å²) in [6.45, 7) is 0. The predicted molar refractivity (Wildman–Crippen MR) is 94.1 cm³/mol. The van der Waals surface area contributed by atoms with Crippen molar-refractivity contribution in [2.75, 3.05) is 7.11 Å². The Kier molecular flexibility index (Phi) is 3.17. The summed E-state index contributed by atoms with van der Waals surface area (Å²) in [5.41, 5.74) is 1.18. The van der Waals surface area contributed by atoms with Crippen molar-refractivity contribution >= 4 is 11.6 Å². The van der Waals surface area contributed by atoms with Crippen molar-refractivity contribution in [3.63, 3.8) is 0 Å². The minimum Gasteiger partial charge on any atom is -0.507 e. The number of aliphatic hydroxyl groups is 1. The van der Waals surface area contributed by atoms with Gasteiger partial charge in [0.25, 0.3) is 0 Å². The lowest BCUT2D eigenvalue weighted by Gasteiger charge is -2.33. The normalized spacial score (nSPS) is 27.6. The molecule has 6 nitrogen and oxygen atoms in total. The SMILES string of the molecule is COc1cccc2c1C(=O)C=C[C@]21O[C@@H]2c3c1ccc(O)c3C(=O)C[C@@H]2O. The average Bonchev–Trinajstić information content (AvgIpc) is 2.99. The highest BCUT2D eigenvalue weighted by atomic mass is 16.5. The molecule has 2 N–H and O–H groups in total. The second-order valence-electron chi connectivity index (χ2n) is 6.97.